The Bertz CT molecular complexity index is 2120. The number of aromatic nitrogens is 2. The number of hydrogen-bond acceptors (Lipinski definition) is 4. The summed E-state index contributed by atoms with van der Waals surface area (Å²) >= 11 is 0. The number of piperidine rings is 1. The molecule has 0 radical (unpaired) electrons. The van der Waals surface area contributed by atoms with Crippen molar-refractivity contribution in [3.05, 3.63) is 133 Å². The quantitative estimate of drug-likeness (QED) is 0.206. The standard InChI is InChI=1S/C42H36N4/c1-2-8-25(9-3-1)26-13-16-31-34(20-26)41(28-14-17-37(44-23-28)36-12-6-7-19-43-36)30-11-5-4-10-29(30)40(31)27-15-18-38(45-24-27)42-35-21-32(35)33-22-39(33)46-42/h1-8,10-20,23,25,27,32-33,35,39,42,46H,9,21-22,24H2. The number of fused-ring (bicyclic) bond motifs is 5. The van der Waals surface area contributed by atoms with Gasteiger partial charge in [0.1, 0.15) is 0 Å². The molecular formula is C42H36N4. The van der Waals surface area contributed by atoms with Gasteiger partial charge in [-0.15, -0.1) is 0 Å². The molecule has 224 valence electrons. The predicted molar refractivity (Wildman–Crippen MR) is 188 cm³/mol. The second-order valence-electron chi connectivity index (χ2n) is 13.9. The molecule has 1 N–H and O–H groups in total. The van der Waals surface area contributed by atoms with E-state index in [1.807, 2.05) is 30.6 Å². The van der Waals surface area contributed by atoms with Crippen molar-refractivity contribution in [3.8, 4) is 22.5 Å². The van der Waals surface area contributed by atoms with Crippen molar-refractivity contribution in [1.82, 2.24) is 15.3 Å². The van der Waals surface area contributed by atoms with Crippen LogP contribution in [0.15, 0.2) is 127 Å². The molecule has 4 heteroatoms. The lowest BCUT2D eigenvalue weighted by Crippen LogP contribution is -2.43. The fourth-order valence-electron chi connectivity index (χ4n) is 8.78. The molecule has 2 aliphatic heterocycles. The van der Waals surface area contributed by atoms with Crippen LogP contribution >= 0.6 is 0 Å². The van der Waals surface area contributed by atoms with Gasteiger partial charge >= 0.3 is 0 Å². The average molecular weight is 597 g/mol. The number of aliphatic imine (C=N–C) groups is 1. The van der Waals surface area contributed by atoms with Crippen molar-refractivity contribution in [2.24, 2.45) is 22.7 Å². The Labute approximate surface area is 269 Å². The summed E-state index contributed by atoms with van der Waals surface area (Å²) in [7, 11) is 0. The summed E-state index contributed by atoms with van der Waals surface area (Å²) in [6, 6.07) is 27.6. The van der Waals surface area contributed by atoms with Crippen LogP contribution in [-0.4, -0.2) is 34.3 Å². The number of nitrogens with zero attached hydrogens (tertiary/aromatic N) is 3. The molecule has 1 saturated heterocycles. The van der Waals surface area contributed by atoms with Crippen LogP contribution in [0.5, 0.6) is 0 Å². The van der Waals surface area contributed by atoms with Crippen LogP contribution in [0.25, 0.3) is 44.1 Å². The SMILES string of the molecule is C1=CCC(c2ccc3c(C4C=CC(C5NC6CC6C6CC56)=NC4)c4ccccc4c(-c4ccc(-c5ccccn5)nc4)c3c2)C=C1. The first-order valence-electron chi connectivity index (χ1n) is 17.0. The second kappa shape index (κ2) is 10.4. The van der Waals surface area contributed by atoms with Crippen molar-refractivity contribution in [3.63, 3.8) is 0 Å². The molecule has 0 amide bonds. The molecule has 3 aliphatic carbocycles. The summed E-state index contributed by atoms with van der Waals surface area (Å²) in [5.41, 5.74) is 8.18. The summed E-state index contributed by atoms with van der Waals surface area (Å²) in [6.45, 7) is 0.798. The minimum Gasteiger partial charge on any atom is -0.305 e. The van der Waals surface area contributed by atoms with Crippen molar-refractivity contribution >= 4 is 27.3 Å². The van der Waals surface area contributed by atoms with Gasteiger partial charge in [0.05, 0.1) is 23.1 Å². The lowest BCUT2D eigenvalue weighted by molar-refractivity contribution is 0.436. The molecule has 4 heterocycles. The molecule has 0 bridgehead atoms. The van der Waals surface area contributed by atoms with Crippen molar-refractivity contribution in [1.29, 1.82) is 0 Å². The Kier molecular flexibility index (Phi) is 6.02. The molecule has 5 aromatic rings. The smallest absolute Gasteiger partial charge is 0.0886 e. The third-order valence-corrected chi connectivity index (χ3v) is 11.2. The minimum atomic E-state index is 0.227. The maximum absolute atomic E-state index is 5.30. The van der Waals surface area contributed by atoms with Crippen LogP contribution in [-0.2, 0) is 0 Å². The summed E-state index contributed by atoms with van der Waals surface area (Å²) < 4.78 is 0. The highest BCUT2D eigenvalue weighted by Crippen LogP contribution is 2.60. The lowest BCUT2D eigenvalue weighted by atomic mass is 9.81. The number of pyridine rings is 2. The Morgan fingerprint density at radius 3 is 2.39 bits per heavy atom. The fraction of sp³-hybridized carbons (Fsp3) is 0.262. The van der Waals surface area contributed by atoms with Gasteiger partial charge in [0, 0.05) is 42.4 Å². The Hall–Kier alpha value is -4.67. The normalized spacial score (nSPS) is 29.0. The van der Waals surface area contributed by atoms with Crippen LogP contribution < -0.4 is 5.32 Å². The number of allylic oxidation sites excluding steroid dienone is 4. The number of rotatable bonds is 5. The summed E-state index contributed by atoms with van der Waals surface area (Å²) in [4.78, 5) is 14.7. The number of dihydropyridines is 1. The van der Waals surface area contributed by atoms with Gasteiger partial charge in [-0.2, -0.15) is 0 Å². The van der Waals surface area contributed by atoms with E-state index in [9.17, 15) is 0 Å². The molecular weight excluding hydrogens is 560 g/mol. The molecule has 2 saturated carbocycles. The maximum atomic E-state index is 5.30. The second-order valence-corrected chi connectivity index (χ2v) is 13.9. The van der Waals surface area contributed by atoms with E-state index in [2.05, 4.69) is 101 Å². The van der Waals surface area contributed by atoms with Gasteiger partial charge in [0.25, 0.3) is 0 Å². The van der Waals surface area contributed by atoms with E-state index < -0.39 is 0 Å². The molecule has 10 rings (SSSR count). The topological polar surface area (TPSA) is 50.2 Å². The minimum absolute atomic E-state index is 0.227. The van der Waals surface area contributed by atoms with Crippen LogP contribution in [0.4, 0.5) is 0 Å². The van der Waals surface area contributed by atoms with Gasteiger partial charge in [-0.3, -0.25) is 15.0 Å². The summed E-state index contributed by atoms with van der Waals surface area (Å²) in [5.74, 6) is 3.30. The molecule has 7 atom stereocenters. The maximum Gasteiger partial charge on any atom is 0.0886 e. The zero-order valence-electron chi connectivity index (χ0n) is 25.8. The van der Waals surface area contributed by atoms with Gasteiger partial charge in [0.15, 0.2) is 0 Å². The van der Waals surface area contributed by atoms with E-state index in [1.54, 1.807) is 0 Å². The Morgan fingerprint density at radius 1 is 0.696 bits per heavy atom. The van der Waals surface area contributed by atoms with Crippen LogP contribution in [0.1, 0.15) is 42.2 Å². The monoisotopic (exact) mass is 596 g/mol. The average Bonchev–Trinajstić information content (AvgIpc) is 4.06. The van der Waals surface area contributed by atoms with Crippen molar-refractivity contribution in [2.45, 2.75) is 43.2 Å². The first-order valence-corrected chi connectivity index (χ1v) is 17.0. The number of hydrogen-bond donors (Lipinski definition) is 1. The molecule has 5 aliphatic rings. The van der Waals surface area contributed by atoms with Crippen LogP contribution in [0.2, 0.25) is 0 Å². The van der Waals surface area contributed by atoms with E-state index in [0.29, 0.717) is 12.0 Å². The Balaban J connectivity index is 1.11. The van der Waals surface area contributed by atoms with E-state index >= 15 is 0 Å². The first kappa shape index (κ1) is 26.5. The van der Waals surface area contributed by atoms with Crippen molar-refractivity contribution < 1.29 is 0 Å². The predicted octanol–water partition coefficient (Wildman–Crippen LogP) is 8.81. The molecule has 3 fully saturated rings. The van der Waals surface area contributed by atoms with Gasteiger partial charge in [-0.25, -0.2) is 0 Å². The van der Waals surface area contributed by atoms with Gasteiger partial charge in [0.2, 0.25) is 0 Å². The first-order chi connectivity index (χ1) is 22.8. The largest absolute Gasteiger partial charge is 0.305 e. The lowest BCUT2D eigenvalue weighted by Gasteiger charge is -2.27. The highest BCUT2D eigenvalue weighted by atomic mass is 15.1. The zero-order chi connectivity index (χ0) is 30.2. The zero-order valence-corrected chi connectivity index (χ0v) is 25.8. The molecule has 0 spiro atoms. The highest BCUT2D eigenvalue weighted by Gasteiger charge is 2.61. The summed E-state index contributed by atoms with van der Waals surface area (Å²) in [5, 5.41) is 9.12. The highest BCUT2D eigenvalue weighted by molar-refractivity contribution is 6.15. The van der Waals surface area contributed by atoms with Crippen molar-refractivity contribution in [2.75, 3.05) is 6.54 Å². The van der Waals surface area contributed by atoms with E-state index in [0.717, 1.165) is 53.7 Å². The third-order valence-electron chi connectivity index (χ3n) is 11.2. The van der Waals surface area contributed by atoms with E-state index in [-0.39, 0.29) is 5.92 Å². The molecule has 3 aromatic carbocycles. The molecule has 7 unspecified atom stereocenters. The fourth-order valence-corrected chi connectivity index (χ4v) is 8.78. The van der Waals surface area contributed by atoms with Gasteiger partial charge < -0.3 is 5.32 Å². The number of nitrogens with one attached hydrogen (secondary N) is 1. The van der Waals surface area contributed by atoms with Gasteiger partial charge in [-0.05, 0) is 106 Å². The number of benzene rings is 3. The van der Waals surface area contributed by atoms with Crippen LogP contribution in [0.3, 0.4) is 0 Å². The molecule has 46 heavy (non-hydrogen) atoms. The van der Waals surface area contributed by atoms with Crippen LogP contribution in [0, 0.1) is 17.8 Å². The van der Waals surface area contributed by atoms with E-state index in [4.69, 9.17) is 9.98 Å². The molecule has 2 aromatic heterocycles. The summed E-state index contributed by atoms with van der Waals surface area (Å²) in [6.07, 6.45) is 21.4. The molecule has 4 nitrogen and oxygen atoms in total. The van der Waals surface area contributed by atoms with E-state index in [1.165, 1.54) is 56.8 Å². The Morgan fingerprint density at radius 2 is 1.59 bits per heavy atom. The van der Waals surface area contributed by atoms with Gasteiger partial charge in [-0.1, -0.05) is 78.9 Å². The third kappa shape index (κ3) is 4.34.